The van der Waals surface area contributed by atoms with Crippen molar-refractivity contribution < 1.29 is 13.9 Å². The van der Waals surface area contributed by atoms with Crippen LogP contribution in [-0.2, 0) is 6.61 Å². The van der Waals surface area contributed by atoms with Crippen molar-refractivity contribution in [2.75, 3.05) is 0 Å². The van der Waals surface area contributed by atoms with Crippen LogP contribution in [0.15, 0.2) is 26.7 Å². The Morgan fingerprint density at radius 2 is 2.00 bits per heavy atom. The molecular weight excluding hydrogens is 264 g/mol. The molecular formula is C11H9F2NOS2. The molecule has 2 rings (SSSR count). The summed E-state index contributed by atoms with van der Waals surface area (Å²) in [4.78, 5) is 4.04. The van der Waals surface area contributed by atoms with Gasteiger partial charge in [0, 0.05) is 11.1 Å². The van der Waals surface area contributed by atoms with Gasteiger partial charge in [0.1, 0.15) is 11.6 Å². The molecule has 0 radical (unpaired) electrons. The molecule has 1 heterocycles. The van der Waals surface area contributed by atoms with E-state index < -0.39 is 11.6 Å². The summed E-state index contributed by atoms with van der Waals surface area (Å²) in [6.45, 7) is 1.44. The predicted octanol–water partition coefficient (Wildman–Crippen LogP) is 3.37. The van der Waals surface area contributed by atoms with Gasteiger partial charge in [-0.1, -0.05) is 11.8 Å². The van der Waals surface area contributed by atoms with E-state index in [0.29, 0.717) is 4.34 Å². The van der Waals surface area contributed by atoms with Crippen molar-refractivity contribution in [3.8, 4) is 0 Å². The molecule has 0 fully saturated rings. The van der Waals surface area contributed by atoms with Gasteiger partial charge in [0.15, 0.2) is 4.34 Å². The molecule has 0 saturated heterocycles. The molecule has 0 unspecified atom stereocenters. The Bertz CT molecular complexity index is 519. The fourth-order valence-electron chi connectivity index (χ4n) is 1.27. The number of aliphatic hydroxyl groups is 1. The first kappa shape index (κ1) is 12.5. The van der Waals surface area contributed by atoms with Gasteiger partial charge in [0.2, 0.25) is 0 Å². The number of aromatic nitrogens is 1. The lowest BCUT2D eigenvalue weighted by atomic mass is 10.2. The van der Waals surface area contributed by atoms with E-state index >= 15 is 0 Å². The molecule has 1 aromatic heterocycles. The van der Waals surface area contributed by atoms with E-state index in [2.05, 4.69) is 4.98 Å². The molecule has 0 spiro atoms. The van der Waals surface area contributed by atoms with Gasteiger partial charge in [0.05, 0.1) is 11.5 Å². The second-order valence-electron chi connectivity index (χ2n) is 3.40. The molecule has 0 saturated carbocycles. The summed E-state index contributed by atoms with van der Waals surface area (Å²) >= 11 is 2.30. The van der Waals surface area contributed by atoms with Crippen molar-refractivity contribution in [2.24, 2.45) is 0 Å². The number of hydrogen-bond donors (Lipinski definition) is 1. The van der Waals surface area contributed by atoms with Crippen LogP contribution in [0.5, 0.6) is 0 Å². The highest BCUT2D eigenvalue weighted by molar-refractivity contribution is 8.01. The van der Waals surface area contributed by atoms with Crippen LogP contribution in [0, 0.1) is 18.6 Å². The third-order valence-corrected chi connectivity index (χ3v) is 4.18. The Hall–Kier alpha value is -0.980. The molecule has 0 aliphatic rings. The molecule has 0 amide bonds. The Kier molecular flexibility index (Phi) is 3.76. The number of rotatable bonds is 3. The molecule has 1 aromatic carbocycles. The number of hydrogen-bond acceptors (Lipinski definition) is 4. The van der Waals surface area contributed by atoms with Crippen molar-refractivity contribution in [3.63, 3.8) is 0 Å². The second-order valence-corrected chi connectivity index (χ2v) is 5.52. The van der Waals surface area contributed by atoms with Crippen molar-refractivity contribution in [2.45, 2.75) is 22.8 Å². The maximum Gasteiger partial charge on any atom is 0.155 e. The summed E-state index contributed by atoms with van der Waals surface area (Å²) in [7, 11) is 0. The summed E-state index contributed by atoms with van der Waals surface area (Å²) in [6.07, 6.45) is 0. The van der Waals surface area contributed by atoms with Crippen LogP contribution in [0.3, 0.4) is 0 Å². The lowest BCUT2D eigenvalue weighted by Crippen LogP contribution is -1.92. The minimum absolute atomic E-state index is 0.0865. The SMILES string of the molecule is Cc1csc(Sc2c(F)cc(CO)cc2F)n1. The Balaban J connectivity index is 2.33. The van der Waals surface area contributed by atoms with Gasteiger partial charge >= 0.3 is 0 Å². The normalized spacial score (nSPS) is 10.8. The first-order chi connectivity index (χ1) is 8.10. The van der Waals surface area contributed by atoms with Crippen molar-refractivity contribution in [1.82, 2.24) is 4.98 Å². The van der Waals surface area contributed by atoms with Crippen LogP contribution in [0.4, 0.5) is 8.78 Å². The van der Waals surface area contributed by atoms with Crippen LogP contribution < -0.4 is 0 Å². The smallest absolute Gasteiger partial charge is 0.155 e. The fourth-order valence-corrected chi connectivity index (χ4v) is 3.05. The lowest BCUT2D eigenvalue weighted by Gasteiger charge is -2.04. The Morgan fingerprint density at radius 3 is 2.47 bits per heavy atom. The second kappa shape index (κ2) is 5.12. The van der Waals surface area contributed by atoms with E-state index in [9.17, 15) is 8.78 Å². The standard InChI is InChI=1S/C11H9F2NOS2/c1-6-5-16-11(14-6)17-10-8(12)2-7(4-15)3-9(10)13/h2-3,5,15H,4H2,1H3. The molecule has 0 aliphatic heterocycles. The maximum absolute atomic E-state index is 13.6. The molecule has 2 nitrogen and oxygen atoms in total. The predicted molar refractivity (Wildman–Crippen MR) is 63.3 cm³/mol. The van der Waals surface area contributed by atoms with Crippen molar-refractivity contribution in [1.29, 1.82) is 0 Å². The molecule has 90 valence electrons. The number of aliphatic hydroxyl groups excluding tert-OH is 1. The molecule has 0 bridgehead atoms. The van der Waals surface area contributed by atoms with Crippen molar-refractivity contribution in [3.05, 3.63) is 40.4 Å². The number of halogens is 2. The van der Waals surface area contributed by atoms with Crippen LogP contribution in [-0.4, -0.2) is 10.1 Å². The monoisotopic (exact) mass is 273 g/mol. The van der Waals surface area contributed by atoms with Gasteiger partial charge in [-0.25, -0.2) is 13.8 Å². The van der Waals surface area contributed by atoms with E-state index in [1.54, 1.807) is 0 Å². The summed E-state index contributed by atoms with van der Waals surface area (Å²) < 4.78 is 27.8. The number of aryl methyl sites for hydroxylation is 1. The average Bonchev–Trinajstić information content (AvgIpc) is 2.69. The van der Waals surface area contributed by atoms with Crippen LogP contribution in [0.1, 0.15) is 11.3 Å². The third-order valence-electron chi connectivity index (χ3n) is 2.03. The highest BCUT2D eigenvalue weighted by Crippen LogP contribution is 2.34. The first-order valence-corrected chi connectivity index (χ1v) is 6.48. The summed E-state index contributed by atoms with van der Waals surface area (Å²) in [6, 6.07) is 2.26. The first-order valence-electron chi connectivity index (χ1n) is 4.79. The Morgan fingerprint density at radius 1 is 1.35 bits per heavy atom. The van der Waals surface area contributed by atoms with Crippen molar-refractivity contribution >= 4 is 23.1 Å². The topological polar surface area (TPSA) is 33.1 Å². The summed E-state index contributed by atoms with van der Waals surface area (Å²) in [5.41, 5.74) is 1.05. The van der Waals surface area contributed by atoms with E-state index in [-0.39, 0.29) is 17.1 Å². The highest BCUT2D eigenvalue weighted by Gasteiger charge is 2.14. The molecule has 17 heavy (non-hydrogen) atoms. The molecule has 0 aliphatic carbocycles. The largest absolute Gasteiger partial charge is 0.392 e. The van der Waals surface area contributed by atoms with E-state index in [4.69, 9.17) is 5.11 Å². The molecule has 6 heteroatoms. The summed E-state index contributed by atoms with van der Waals surface area (Å²) in [5.74, 6) is -1.35. The maximum atomic E-state index is 13.6. The highest BCUT2D eigenvalue weighted by atomic mass is 32.2. The van der Waals surface area contributed by atoms with Crippen LogP contribution in [0.25, 0.3) is 0 Å². The van der Waals surface area contributed by atoms with Gasteiger partial charge in [-0.05, 0) is 24.6 Å². The average molecular weight is 273 g/mol. The van der Waals surface area contributed by atoms with Crippen LogP contribution in [0.2, 0.25) is 0 Å². The fraction of sp³-hybridized carbons (Fsp3) is 0.182. The minimum Gasteiger partial charge on any atom is -0.392 e. The van der Waals surface area contributed by atoms with E-state index in [1.165, 1.54) is 11.3 Å². The zero-order valence-corrected chi connectivity index (χ0v) is 10.5. The van der Waals surface area contributed by atoms with Gasteiger partial charge in [-0.2, -0.15) is 0 Å². The number of benzene rings is 1. The zero-order valence-electron chi connectivity index (χ0n) is 8.91. The van der Waals surface area contributed by atoms with E-state index in [0.717, 1.165) is 29.6 Å². The van der Waals surface area contributed by atoms with E-state index in [1.807, 2.05) is 12.3 Å². The third kappa shape index (κ3) is 2.83. The Labute approximate surface area is 105 Å². The van der Waals surface area contributed by atoms with Gasteiger partial charge < -0.3 is 5.11 Å². The van der Waals surface area contributed by atoms with Gasteiger partial charge in [0.25, 0.3) is 0 Å². The molecule has 0 atom stereocenters. The zero-order chi connectivity index (χ0) is 12.4. The van der Waals surface area contributed by atoms with Gasteiger partial charge in [-0.15, -0.1) is 11.3 Å². The molecule has 2 aromatic rings. The lowest BCUT2D eigenvalue weighted by molar-refractivity contribution is 0.280. The minimum atomic E-state index is -0.674. The van der Waals surface area contributed by atoms with Crippen LogP contribution >= 0.6 is 23.1 Å². The number of nitrogens with zero attached hydrogens (tertiary/aromatic N) is 1. The van der Waals surface area contributed by atoms with Gasteiger partial charge in [-0.3, -0.25) is 0 Å². The quantitative estimate of drug-likeness (QED) is 0.930. The summed E-state index contributed by atoms with van der Waals surface area (Å²) in [5, 5.41) is 10.6. The number of thiazole rings is 1. The molecule has 1 N–H and O–H groups in total.